The van der Waals surface area contributed by atoms with E-state index in [1.165, 1.54) is 12.7 Å². The highest BCUT2D eigenvalue weighted by atomic mass is 16.5. The Balaban J connectivity index is 2.34. The van der Waals surface area contributed by atoms with Gasteiger partial charge in [0.15, 0.2) is 5.76 Å². The average molecular weight is 355 g/mol. The molecule has 0 heterocycles. The van der Waals surface area contributed by atoms with Crippen LogP contribution in [0.2, 0.25) is 0 Å². The van der Waals surface area contributed by atoms with E-state index in [4.69, 9.17) is 10.5 Å². The van der Waals surface area contributed by atoms with Crippen LogP contribution in [0.5, 0.6) is 0 Å². The number of carbonyl (C=O) groups excluding carboxylic acids is 2. The molecule has 0 amide bonds. The van der Waals surface area contributed by atoms with Crippen LogP contribution in [0.3, 0.4) is 0 Å². The molecule has 1 aliphatic rings. The van der Waals surface area contributed by atoms with Crippen molar-refractivity contribution in [3.8, 4) is 0 Å². The number of rotatable bonds is 6. The van der Waals surface area contributed by atoms with Gasteiger partial charge < -0.3 is 10.5 Å². The fourth-order valence-electron chi connectivity index (χ4n) is 4.34. The molecule has 1 aromatic rings. The Hall–Kier alpha value is -2.36. The van der Waals surface area contributed by atoms with E-state index in [1.807, 2.05) is 32.0 Å². The largest absolute Gasteiger partial charge is 0.491 e. The molecule has 4 nitrogen and oxygen atoms in total. The molecular weight excluding hydrogens is 326 g/mol. The van der Waals surface area contributed by atoms with Crippen molar-refractivity contribution in [2.45, 2.75) is 47.5 Å². The molecule has 0 bridgehead atoms. The number of ketones is 2. The van der Waals surface area contributed by atoms with E-state index in [0.29, 0.717) is 11.1 Å². The van der Waals surface area contributed by atoms with Crippen LogP contribution < -0.4 is 5.73 Å². The third-order valence-corrected chi connectivity index (χ3v) is 4.97. The monoisotopic (exact) mass is 355 g/mol. The number of ether oxygens (including phenoxy) is 1. The number of methoxy groups -OCH3 is 1. The fourth-order valence-corrected chi connectivity index (χ4v) is 4.34. The summed E-state index contributed by atoms with van der Waals surface area (Å²) in [7, 11) is 1.37. The molecule has 0 fully saturated rings. The lowest BCUT2D eigenvalue weighted by Gasteiger charge is -2.38. The smallest absolute Gasteiger partial charge is 0.226 e. The lowest BCUT2D eigenvalue weighted by molar-refractivity contribution is -0.119. The van der Waals surface area contributed by atoms with Crippen LogP contribution in [0.25, 0.3) is 0 Å². The Morgan fingerprint density at radius 1 is 1.00 bits per heavy atom. The molecule has 0 aliphatic heterocycles. The highest BCUT2D eigenvalue weighted by molar-refractivity contribution is 6.24. The average Bonchev–Trinajstić information content (AvgIpc) is 2.52. The fraction of sp³-hybridized carbons (Fsp3) is 0.455. The lowest BCUT2D eigenvalue weighted by Crippen LogP contribution is -2.36. The van der Waals surface area contributed by atoms with Crippen LogP contribution in [0.4, 0.5) is 0 Å². The Morgan fingerprint density at radius 3 is 2.12 bits per heavy atom. The highest BCUT2D eigenvalue weighted by Crippen LogP contribution is 2.44. The first kappa shape index (κ1) is 20.0. The number of allylic oxidation sites excluding steroid dienone is 2. The summed E-state index contributed by atoms with van der Waals surface area (Å²) in [6, 6.07) is 10.3. The summed E-state index contributed by atoms with van der Waals surface area (Å²) in [4.78, 5) is 25.4. The van der Waals surface area contributed by atoms with Gasteiger partial charge in [-0.3, -0.25) is 9.59 Å². The predicted octanol–water partition coefficient (Wildman–Crippen LogP) is 3.96. The number of benzene rings is 1. The van der Waals surface area contributed by atoms with E-state index in [-0.39, 0.29) is 28.4 Å². The molecule has 0 radical (unpaired) electrons. The number of hydrogen-bond acceptors (Lipinski definition) is 4. The summed E-state index contributed by atoms with van der Waals surface area (Å²) in [6.45, 7) is 10.1. The number of carbonyl (C=O) groups is 2. The van der Waals surface area contributed by atoms with Crippen LogP contribution in [0, 0.1) is 10.8 Å². The minimum atomic E-state index is -0.487. The van der Waals surface area contributed by atoms with E-state index in [9.17, 15) is 9.59 Å². The standard InChI is InChI=1S/C22H29NO3/c1-14-16(19(25)20(26-6)17(23)18(14)24)22(4,5)13-21(2,3)12-15-10-8-7-9-11-15/h7-11H,12-13,23H2,1-6H3. The summed E-state index contributed by atoms with van der Waals surface area (Å²) in [5.74, 6) is -0.627. The Labute approximate surface area is 156 Å². The zero-order valence-corrected chi connectivity index (χ0v) is 16.6. The van der Waals surface area contributed by atoms with Crippen molar-refractivity contribution in [2.24, 2.45) is 16.6 Å². The predicted molar refractivity (Wildman–Crippen MR) is 103 cm³/mol. The van der Waals surface area contributed by atoms with Crippen molar-refractivity contribution in [1.82, 2.24) is 0 Å². The summed E-state index contributed by atoms with van der Waals surface area (Å²) in [6.07, 6.45) is 1.64. The van der Waals surface area contributed by atoms with Crippen molar-refractivity contribution in [3.05, 3.63) is 58.5 Å². The van der Waals surface area contributed by atoms with Crippen molar-refractivity contribution < 1.29 is 14.3 Å². The Morgan fingerprint density at radius 2 is 1.58 bits per heavy atom. The summed E-state index contributed by atoms with van der Waals surface area (Å²) < 4.78 is 5.14. The molecule has 4 heteroatoms. The van der Waals surface area contributed by atoms with Gasteiger partial charge in [-0.15, -0.1) is 0 Å². The van der Waals surface area contributed by atoms with E-state index in [2.05, 4.69) is 26.0 Å². The van der Waals surface area contributed by atoms with Gasteiger partial charge in [-0.05, 0) is 36.2 Å². The maximum Gasteiger partial charge on any atom is 0.226 e. The van der Waals surface area contributed by atoms with Gasteiger partial charge in [-0.2, -0.15) is 0 Å². The number of Topliss-reactive ketones (excluding diaryl/α,β-unsaturated/α-hetero) is 2. The molecule has 2 rings (SSSR count). The zero-order chi connectivity index (χ0) is 19.7. The SMILES string of the molecule is COC1=C(N)C(=O)C(C)=C(C(C)(C)CC(C)(C)Cc2ccccc2)C1=O. The Kier molecular flexibility index (Phi) is 5.45. The molecule has 0 saturated carbocycles. The maximum absolute atomic E-state index is 12.9. The molecular formula is C22H29NO3. The third kappa shape index (κ3) is 3.90. The molecule has 26 heavy (non-hydrogen) atoms. The summed E-state index contributed by atoms with van der Waals surface area (Å²) in [5.41, 5.74) is 7.35. The van der Waals surface area contributed by atoms with Gasteiger partial charge in [-0.1, -0.05) is 58.0 Å². The molecule has 0 unspecified atom stereocenters. The first-order chi connectivity index (χ1) is 12.0. The van der Waals surface area contributed by atoms with Gasteiger partial charge in [0.1, 0.15) is 5.70 Å². The minimum Gasteiger partial charge on any atom is -0.491 e. The van der Waals surface area contributed by atoms with Crippen molar-refractivity contribution in [1.29, 1.82) is 0 Å². The van der Waals surface area contributed by atoms with Gasteiger partial charge in [-0.25, -0.2) is 0 Å². The van der Waals surface area contributed by atoms with E-state index in [1.54, 1.807) is 6.92 Å². The molecule has 1 aliphatic carbocycles. The molecule has 0 aromatic heterocycles. The van der Waals surface area contributed by atoms with Gasteiger partial charge in [0.25, 0.3) is 0 Å². The van der Waals surface area contributed by atoms with Crippen molar-refractivity contribution >= 4 is 11.6 Å². The summed E-state index contributed by atoms with van der Waals surface area (Å²) >= 11 is 0. The topological polar surface area (TPSA) is 69.4 Å². The van der Waals surface area contributed by atoms with Crippen molar-refractivity contribution in [3.63, 3.8) is 0 Å². The second-order valence-corrected chi connectivity index (χ2v) is 8.49. The Bertz CT molecular complexity index is 783. The molecule has 0 spiro atoms. The van der Waals surface area contributed by atoms with E-state index >= 15 is 0 Å². The first-order valence-corrected chi connectivity index (χ1v) is 8.88. The van der Waals surface area contributed by atoms with Crippen LogP contribution in [-0.2, 0) is 20.7 Å². The molecule has 140 valence electrons. The zero-order valence-electron chi connectivity index (χ0n) is 16.6. The molecule has 0 saturated heterocycles. The van der Waals surface area contributed by atoms with E-state index < -0.39 is 5.41 Å². The van der Waals surface area contributed by atoms with Crippen LogP contribution in [0.1, 0.15) is 46.6 Å². The van der Waals surface area contributed by atoms with Gasteiger partial charge >= 0.3 is 0 Å². The molecule has 2 N–H and O–H groups in total. The van der Waals surface area contributed by atoms with Crippen LogP contribution in [-0.4, -0.2) is 18.7 Å². The van der Waals surface area contributed by atoms with Gasteiger partial charge in [0, 0.05) is 11.1 Å². The van der Waals surface area contributed by atoms with Crippen molar-refractivity contribution in [2.75, 3.05) is 7.11 Å². The molecule has 0 atom stereocenters. The minimum absolute atomic E-state index is 0.0375. The normalized spacial score (nSPS) is 16.4. The molecule has 1 aromatic carbocycles. The number of hydrogen-bond donors (Lipinski definition) is 1. The second kappa shape index (κ2) is 7.10. The third-order valence-electron chi connectivity index (χ3n) is 4.97. The highest BCUT2D eigenvalue weighted by Gasteiger charge is 2.42. The lowest BCUT2D eigenvalue weighted by atomic mass is 9.66. The first-order valence-electron chi connectivity index (χ1n) is 8.88. The number of nitrogens with two attached hydrogens (primary N) is 1. The quantitative estimate of drug-likeness (QED) is 0.784. The second-order valence-electron chi connectivity index (χ2n) is 8.49. The maximum atomic E-state index is 12.9. The van der Waals surface area contributed by atoms with E-state index in [0.717, 1.165) is 12.8 Å². The van der Waals surface area contributed by atoms with Gasteiger partial charge in [0.05, 0.1) is 7.11 Å². The van der Waals surface area contributed by atoms with Gasteiger partial charge in [0.2, 0.25) is 11.6 Å². The van der Waals surface area contributed by atoms with Crippen LogP contribution >= 0.6 is 0 Å². The van der Waals surface area contributed by atoms with Crippen LogP contribution in [0.15, 0.2) is 52.9 Å². The summed E-state index contributed by atoms with van der Waals surface area (Å²) in [5, 5.41) is 0.